The zero-order chi connectivity index (χ0) is 30.4. The molecule has 10 nitrogen and oxygen atoms in total. The van der Waals surface area contributed by atoms with Crippen molar-refractivity contribution in [2.45, 2.75) is 78.5 Å². The average Bonchev–Trinajstić information content (AvgIpc) is 3.22. The van der Waals surface area contributed by atoms with Crippen LogP contribution in [0.15, 0.2) is 12.1 Å². The number of likely N-dealkylation sites (tertiary alicyclic amines) is 1. The number of nitrogens with zero attached hydrogens (tertiary/aromatic N) is 4. The summed E-state index contributed by atoms with van der Waals surface area (Å²) in [5.41, 5.74) is 1.06. The lowest BCUT2D eigenvalue weighted by Gasteiger charge is -2.45. The maximum absolute atomic E-state index is 15.3. The van der Waals surface area contributed by atoms with E-state index in [2.05, 4.69) is 24.1 Å². The number of ether oxygens (including phenoxy) is 1. The Balaban J connectivity index is 1.15. The molecular formula is C31H44FN5O5. The second kappa shape index (κ2) is 11.5. The molecule has 0 saturated carbocycles. The van der Waals surface area contributed by atoms with Crippen molar-refractivity contribution >= 4 is 29.5 Å². The first-order valence-electron chi connectivity index (χ1n) is 15.1. The second-order valence-corrected chi connectivity index (χ2v) is 13.9. The highest BCUT2D eigenvalue weighted by atomic mass is 19.1. The minimum absolute atomic E-state index is 0.0703. The van der Waals surface area contributed by atoms with Gasteiger partial charge in [-0.3, -0.25) is 24.6 Å². The molecular weight excluding hydrogens is 541 g/mol. The number of hydrogen-bond acceptors (Lipinski definition) is 7. The van der Waals surface area contributed by atoms with Gasteiger partial charge in [-0.2, -0.15) is 0 Å². The highest BCUT2D eigenvalue weighted by Crippen LogP contribution is 2.37. The number of rotatable bonds is 5. The standard InChI is InChI=1S/C31H44FN5O5/c1-30(2,3)42-29(41)36-10-8-21(9-11-36)31(4,5)19-34-12-14-35(15-13-34)25-16-20-18-37(28(40)22(20)17-23(25)32)24-6-7-26(38)33-27(24)39/h16-17,21,24H,6-15,18-19H2,1-5H3,(H,33,38,39). The van der Waals surface area contributed by atoms with Gasteiger partial charge in [0.2, 0.25) is 11.8 Å². The number of anilines is 1. The van der Waals surface area contributed by atoms with Crippen molar-refractivity contribution in [3.8, 4) is 0 Å². The molecule has 42 heavy (non-hydrogen) atoms. The van der Waals surface area contributed by atoms with E-state index in [1.54, 1.807) is 6.07 Å². The molecule has 5 rings (SSSR count). The molecule has 4 amide bonds. The molecule has 0 aromatic heterocycles. The van der Waals surface area contributed by atoms with Crippen LogP contribution < -0.4 is 10.2 Å². The summed E-state index contributed by atoms with van der Waals surface area (Å²) in [7, 11) is 0. The first-order chi connectivity index (χ1) is 19.7. The molecule has 0 spiro atoms. The van der Waals surface area contributed by atoms with Crippen LogP contribution in [0.1, 0.15) is 76.2 Å². The van der Waals surface area contributed by atoms with E-state index in [-0.39, 0.29) is 42.7 Å². The van der Waals surface area contributed by atoms with E-state index in [4.69, 9.17) is 4.74 Å². The number of fused-ring (bicyclic) bond motifs is 1. The maximum Gasteiger partial charge on any atom is 0.410 e. The lowest BCUT2D eigenvalue weighted by molar-refractivity contribution is -0.136. The summed E-state index contributed by atoms with van der Waals surface area (Å²) in [5, 5.41) is 2.30. The number of amides is 4. The van der Waals surface area contributed by atoms with Gasteiger partial charge >= 0.3 is 6.09 Å². The van der Waals surface area contributed by atoms with Gasteiger partial charge in [0.15, 0.2) is 0 Å². The Morgan fingerprint density at radius 2 is 1.64 bits per heavy atom. The van der Waals surface area contributed by atoms with Gasteiger partial charge in [0.05, 0.1) is 5.69 Å². The Hall–Kier alpha value is -3.21. The Labute approximate surface area is 247 Å². The number of piperazine rings is 1. The molecule has 1 N–H and O–H groups in total. The van der Waals surface area contributed by atoms with E-state index in [1.807, 2.05) is 30.6 Å². The SMILES string of the molecule is CC(C)(C)OC(=O)N1CCC(C(C)(C)CN2CCN(c3cc4c(cc3F)C(=O)N(C3CCC(=O)NC3=O)C4)CC2)CC1. The topological polar surface area (TPSA) is 102 Å². The van der Waals surface area contributed by atoms with Crippen LogP contribution in [0.4, 0.5) is 14.9 Å². The molecule has 0 aliphatic carbocycles. The average molecular weight is 586 g/mol. The largest absolute Gasteiger partial charge is 0.444 e. The zero-order valence-corrected chi connectivity index (χ0v) is 25.5. The Morgan fingerprint density at radius 3 is 2.26 bits per heavy atom. The smallest absolute Gasteiger partial charge is 0.410 e. The Kier molecular flexibility index (Phi) is 8.26. The molecule has 3 saturated heterocycles. The first kappa shape index (κ1) is 30.3. The third-order valence-electron chi connectivity index (χ3n) is 9.19. The first-order valence-corrected chi connectivity index (χ1v) is 15.1. The number of halogens is 1. The summed E-state index contributed by atoms with van der Waals surface area (Å²) >= 11 is 0. The number of imide groups is 1. The van der Waals surface area contributed by atoms with Crippen LogP contribution >= 0.6 is 0 Å². The van der Waals surface area contributed by atoms with E-state index in [1.165, 1.54) is 11.0 Å². The zero-order valence-electron chi connectivity index (χ0n) is 25.5. The molecule has 1 aromatic carbocycles. The minimum atomic E-state index is -0.717. The molecule has 1 atom stereocenters. The third kappa shape index (κ3) is 6.40. The normalized spacial score (nSPS) is 22.9. The molecule has 4 aliphatic rings. The second-order valence-electron chi connectivity index (χ2n) is 13.9. The van der Waals surface area contributed by atoms with E-state index >= 15 is 4.39 Å². The van der Waals surface area contributed by atoms with Crippen molar-refractivity contribution in [2.24, 2.45) is 11.3 Å². The summed E-state index contributed by atoms with van der Waals surface area (Å²) in [6.07, 6.45) is 2.12. The van der Waals surface area contributed by atoms with Crippen molar-refractivity contribution in [3.63, 3.8) is 0 Å². The van der Waals surface area contributed by atoms with Gasteiger partial charge in [-0.05, 0) is 69.1 Å². The summed E-state index contributed by atoms with van der Waals surface area (Å²) in [6, 6.07) is 2.34. The van der Waals surface area contributed by atoms with E-state index in [0.717, 1.165) is 32.5 Å². The minimum Gasteiger partial charge on any atom is -0.444 e. The molecule has 4 aliphatic heterocycles. The molecule has 0 bridgehead atoms. The molecule has 1 aromatic rings. The number of piperidine rings is 2. The summed E-state index contributed by atoms with van der Waals surface area (Å²) in [6.45, 7) is 15.8. The summed E-state index contributed by atoms with van der Waals surface area (Å²) in [4.78, 5) is 57.1. The fraction of sp³-hybridized carbons (Fsp3) is 0.677. The number of carbonyl (C=O) groups is 4. The molecule has 3 fully saturated rings. The predicted molar refractivity (Wildman–Crippen MR) is 155 cm³/mol. The highest BCUT2D eigenvalue weighted by Gasteiger charge is 2.40. The number of carbonyl (C=O) groups excluding carboxylic acids is 4. The molecule has 11 heteroatoms. The van der Waals surface area contributed by atoms with E-state index in [0.29, 0.717) is 48.9 Å². The molecule has 4 heterocycles. The van der Waals surface area contributed by atoms with Gasteiger partial charge in [-0.1, -0.05) is 13.8 Å². The highest BCUT2D eigenvalue weighted by molar-refractivity contribution is 6.05. The Morgan fingerprint density at radius 1 is 0.976 bits per heavy atom. The molecule has 1 unspecified atom stereocenters. The predicted octanol–water partition coefficient (Wildman–Crippen LogP) is 3.38. The fourth-order valence-corrected chi connectivity index (χ4v) is 6.84. The van der Waals surface area contributed by atoms with Crippen LogP contribution in [-0.2, 0) is 20.9 Å². The van der Waals surface area contributed by atoms with Crippen molar-refractivity contribution in [3.05, 3.63) is 29.1 Å². The van der Waals surface area contributed by atoms with Crippen molar-refractivity contribution < 1.29 is 28.3 Å². The van der Waals surface area contributed by atoms with E-state index < -0.39 is 23.4 Å². The van der Waals surface area contributed by atoms with Gasteiger partial charge in [-0.15, -0.1) is 0 Å². The van der Waals surface area contributed by atoms with Crippen molar-refractivity contribution in [1.29, 1.82) is 0 Å². The van der Waals surface area contributed by atoms with E-state index in [9.17, 15) is 19.2 Å². The van der Waals surface area contributed by atoms with Gasteiger partial charge in [-0.25, -0.2) is 9.18 Å². The van der Waals surface area contributed by atoms with Crippen molar-refractivity contribution in [1.82, 2.24) is 20.0 Å². The van der Waals surface area contributed by atoms with Crippen LogP contribution in [0.2, 0.25) is 0 Å². The lowest BCUT2D eigenvalue weighted by atomic mass is 9.73. The monoisotopic (exact) mass is 585 g/mol. The van der Waals surface area contributed by atoms with Crippen molar-refractivity contribution in [2.75, 3.05) is 50.7 Å². The van der Waals surface area contributed by atoms with Crippen LogP contribution in [0, 0.1) is 17.2 Å². The van der Waals surface area contributed by atoms with Crippen LogP contribution in [-0.4, -0.2) is 96.0 Å². The van der Waals surface area contributed by atoms with Gasteiger partial charge < -0.3 is 19.4 Å². The van der Waals surface area contributed by atoms with Crippen LogP contribution in [0.5, 0.6) is 0 Å². The van der Waals surface area contributed by atoms with Gasteiger partial charge in [0.1, 0.15) is 17.5 Å². The quantitative estimate of drug-likeness (QED) is 0.529. The maximum atomic E-state index is 15.3. The number of nitrogens with one attached hydrogen (secondary N) is 1. The van der Waals surface area contributed by atoms with Gasteiger partial charge in [0.25, 0.3) is 5.91 Å². The summed E-state index contributed by atoms with van der Waals surface area (Å²) in [5.74, 6) is -1.11. The molecule has 0 radical (unpaired) electrons. The van der Waals surface area contributed by atoms with Crippen LogP contribution in [0.25, 0.3) is 0 Å². The summed E-state index contributed by atoms with van der Waals surface area (Å²) < 4.78 is 20.8. The number of benzene rings is 1. The number of hydrogen-bond donors (Lipinski definition) is 1. The Bertz CT molecular complexity index is 1240. The molecule has 230 valence electrons. The van der Waals surface area contributed by atoms with Crippen LogP contribution in [0.3, 0.4) is 0 Å². The third-order valence-corrected chi connectivity index (χ3v) is 9.19. The lowest BCUT2D eigenvalue weighted by Crippen LogP contribution is -2.52. The fourth-order valence-electron chi connectivity index (χ4n) is 6.84. The van der Waals surface area contributed by atoms with Gasteiger partial charge in [0, 0.05) is 64.3 Å².